The van der Waals surface area contributed by atoms with Crippen LogP contribution in [-0.4, -0.2) is 35.4 Å². The molecule has 0 saturated heterocycles. The van der Waals surface area contributed by atoms with E-state index in [-0.39, 0.29) is 22.3 Å². The number of nitrogens with one attached hydrogen (secondary N) is 2. The van der Waals surface area contributed by atoms with Crippen molar-refractivity contribution in [3.63, 3.8) is 0 Å². The van der Waals surface area contributed by atoms with E-state index in [0.717, 1.165) is 43.2 Å². The van der Waals surface area contributed by atoms with Crippen LogP contribution in [-0.2, 0) is 6.42 Å². The summed E-state index contributed by atoms with van der Waals surface area (Å²) in [6.45, 7) is 0.686. The second-order valence-corrected chi connectivity index (χ2v) is 8.09. The van der Waals surface area contributed by atoms with Crippen LogP contribution in [0.15, 0.2) is 16.9 Å². The number of aromatic hydroxyl groups is 1. The van der Waals surface area contributed by atoms with Crippen molar-refractivity contribution in [2.24, 2.45) is 0 Å². The van der Waals surface area contributed by atoms with Gasteiger partial charge in [0.2, 0.25) is 5.88 Å². The molecule has 1 aliphatic heterocycles. The molecule has 0 unspecified atom stereocenters. The Morgan fingerprint density at radius 2 is 1.83 bits per heavy atom. The Morgan fingerprint density at radius 1 is 1.14 bits per heavy atom. The number of hydrogen-bond donors (Lipinski definition) is 3. The predicted octanol–water partition coefficient (Wildman–Crippen LogP) is 3.37. The van der Waals surface area contributed by atoms with Crippen LogP contribution in [0.5, 0.6) is 17.4 Å². The van der Waals surface area contributed by atoms with Crippen molar-refractivity contribution in [1.29, 1.82) is 0 Å². The number of aromatic amines is 1. The van der Waals surface area contributed by atoms with E-state index in [1.807, 2.05) is 12.1 Å². The number of hydrogen-bond acceptors (Lipinski definition) is 6. The molecule has 2 aliphatic rings. The summed E-state index contributed by atoms with van der Waals surface area (Å²) in [5.74, 6) is 1.21. The lowest BCUT2D eigenvalue weighted by Crippen LogP contribution is -2.35. The number of benzene rings is 1. The first-order valence-electron chi connectivity index (χ1n) is 10.1. The van der Waals surface area contributed by atoms with Crippen LogP contribution in [0.25, 0.3) is 0 Å². The molecule has 0 amide bonds. The summed E-state index contributed by atoms with van der Waals surface area (Å²) in [5, 5.41) is 14.6. The second-order valence-electron chi connectivity index (χ2n) is 7.70. The number of nitrogens with zero attached hydrogens (tertiary/aromatic N) is 1. The van der Waals surface area contributed by atoms with Gasteiger partial charge in [-0.2, -0.15) is 0 Å². The van der Waals surface area contributed by atoms with Crippen LogP contribution in [0.2, 0.25) is 0 Å². The lowest BCUT2D eigenvalue weighted by Gasteiger charge is -2.31. The van der Waals surface area contributed by atoms with Crippen molar-refractivity contribution in [3.05, 3.63) is 43.9 Å². The molecule has 4 rings (SSSR count). The van der Waals surface area contributed by atoms with Gasteiger partial charge in [-0.25, -0.2) is 0 Å². The minimum Gasteiger partial charge on any atom is -0.494 e. The molecule has 2 heterocycles. The Labute approximate surface area is 174 Å². The normalized spacial score (nSPS) is 19.6. The molecule has 1 fully saturated rings. The van der Waals surface area contributed by atoms with Gasteiger partial charge in [-0.1, -0.05) is 19.3 Å². The van der Waals surface area contributed by atoms with Crippen molar-refractivity contribution >= 4 is 12.2 Å². The van der Waals surface area contributed by atoms with Gasteiger partial charge in [0.25, 0.3) is 5.56 Å². The highest BCUT2D eigenvalue weighted by Gasteiger charge is 2.31. The van der Waals surface area contributed by atoms with Gasteiger partial charge in [0.05, 0.1) is 25.8 Å². The van der Waals surface area contributed by atoms with Gasteiger partial charge in [-0.05, 0) is 54.7 Å². The van der Waals surface area contributed by atoms with E-state index in [9.17, 15) is 9.90 Å². The minimum atomic E-state index is -0.451. The molecule has 0 radical (unpaired) electrons. The third-order valence-corrected chi connectivity index (χ3v) is 6.38. The number of ether oxygens (including phenoxy) is 2. The summed E-state index contributed by atoms with van der Waals surface area (Å²) in [4.78, 5) is 15.7. The minimum absolute atomic E-state index is 0.0363. The number of rotatable bonds is 4. The molecule has 0 bridgehead atoms. The molecular weight excluding hydrogens is 390 g/mol. The summed E-state index contributed by atoms with van der Waals surface area (Å²) in [5.41, 5.74) is 1.91. The molecule has 156 valence electrons. The molecule has 1 aliphatic carbocycles. The van der Waals surface area contributed by atoms with Gasteiger partial charge in [-0.15, -0.1) is 0 Å². The zero-order valence-corrected chi connectivity index (χ0v) is 17.6. The van der Waals surface area contributed by atoms with Crippen LogP contribution in [0, 0.1) is 4.77 Å². The molecule has 1 atom stereocenters. The first kappa shape index (κ1) is 20.0. The number of fused-ring (bicyclic) bond motifs is 1. The van der Waals surface area contributed by atoms with Gasteiger partial charge in [0.15, 0.2) is 16.3 Å². The number of H-pyrrole nitrogens is 1. The van der Waals surface area contributed by atoms with E-state index in [0.29, 0.717) is 23.6 Å². The Bertz CT molecular complexity index is 1020. The predicted molar refractivity (Wildman–Crippen MR) is 113 cm³/mol. The Kier molecular flexibility index (Phi) is 5.65. The molecule has 1 aromatic heterocycles. The molecule has 1 aromatic carbocycles. The van der Waals surface area contributed by atoms with Crippen molar-refractivity contribution in [2.45, 2.75) is 50.6 Å². The first-order valence-corrected chi connectivity index (χ1v) is 10.5. The largest absolute Gasteiger partial charge is 0.494 e. The fourth-order valence-electron chi connectivity index (χ4n) is 4.63. The average Bonchev–Trinajstić information content (AvgIpc) is 2.73. The van der Waals surface area contributed by atoms with E-state index in [4.69, 9.17) is 21.7 Å². The zero-order valence-electron chi connectivity index (χ0n) is 16.8. The monoisotopic (exact) mass is 417 g/mol. The van der Waals surface area contributed by atoms with E-state index >= 15 is 0 Å². The molecule has 29 heavy (non-hydrogen) atoms. The highest BCUT2D eigenvalue weighted by molar-refractivity contribution is 7.71. The molecular formula is C21H27N3O4S. The van der Waals surface area contributed by atoms with Crippen LogP contribution < -0.4 is 20.3 Å². The molecule has 0 spiro atoms. The van der Waals surface area contributed by atoms with Gasteiger partial charge < -0.3 is 19.9 Å². The molecule has 1 saturated carbocycles. The van der Waals surface area contributed by atoms with E-state index in [1.165, 1.54) is 6.42 Å². The van der Waals surface area contributed by atoms with E-state index in [2.05, 4.69) is 10.3 Å². The maximum atomic E-state index is 12.9. The van der Waals surface area contributed by atoms with Crippen molar-refractivity contribution in [2.75, 3.05) is 20.8 Å². The number of methoxy groups -OCH3 is 2. The number of aromatic nitrogens is 2. The zero-order chi connectivity index (χ0) is 20.5. The maximum Gasteiger partial charge on any atom is 0.260 e. The smallest absolute Gasteiger partial charge is 0.260 e. The van der Waals surface area contributed by atoms with E-state index < -0.39 is 6.04 Å². The fourth-order valence-corrected chi connectivity index (χ4v) is 4.96. The van der Waals surface area contributed by atoms with Gasteiger partial charge >= 0.3 is 0 Å². The lowest BCUT2D eigenvalue weighted by molar-refractivity contribution is 0.297. The summed E-state index contributed by atoms with van der Waals surface area (Å²) < 4.78 is 12.9. The molecule has 2 aromatic rings. The molecule has 7 nitrogen and oxygen atoms in total. The third-order valence-electron chi connectivity index (χ3n) is 6.08. The Balaban J connectivity index is 1.86. The topological polar surface area (TPSA) is 88.5 Å². The van der Waals surface area contributed by atoms with Crippen LogP contribution in [0.3, 0.4) is 0 Å². The third kappa shape index (κ3) is 3.55. The van der Waals surface area contributed by atoms with Crippen LogP contribution >= 0.6 is 12.2 Å². The summed E-state index contributed by atoms with van der Waals surface area (Å²) in [7, 11) is 3.19. The summed E-state index contributed by atoms with van der Waals surface area (Å²) in [6, 6.07) is 3.49. The Hall–Kier alpha value is -2.32. The lowest BCUT2D eigenvalue weighted by atomic mass is 9.89. The maximum absolute atomic E-state index is 12.9. The van der Waals surface area contributed by atoms with Gasteiger partial charge in [0.1, 0.15) is 0 Å². The van der Waals surface area contributed by atoms with Gasteiger partial charge in [0, 0.05) is 12.6 Å². The van der Waals surface area contributed by atoms with Gasteiger partial charge in [-0.3, -0.25) is 14.3 Å². The summed E-state index contributed by atoms with van der Waals surface area (Å²) >= 11 is 5.41. The molecule has 3 N–H and O–H groups in total. The SMILES string of the molecule is COc1cc2c(cc1OC)[C@H](c1c(O)n(C3CCCCC3)c(=S)[nH]c1=O)NCC2. The van der Waals surface area contributed by atoms with Crippen LogP contribution in [0.1, 0.15) is 60.9 Å². The van der Waals surface area contributed by atoms with Crippen LogP contribution in [0.4, 0.5) is 0 Å². The molecule has 8 heteroatoms. The average molecular weight is 418 g/mol. The fraction of sp³-hybridized carbons (Fsp3) is 0.524. The van der Waals surface area contributed by atoms with E-state index in [1.54, 1.807) is 18.8 Å². The highest BCUT2D eigenvalue weighted by atomic mass is 32.1. The Morgan fingerprint density at radius 3 is 2.52 bits per heavy atom. The quantitative estimate of drug-likeness (QED) is 0.661. The summed E-state index contributed by atoms with van der Waals surface area (Å²) in [6.07, 6.45) is 6.09. The van der Waals surface area contributed by atoms with Crippen molar-refractivity contribution < 1.29 is 14.6 Å². The highest BCUT2D eigenvalue weighted by Crippen LogP contribution is 2.39. The van der Waals surface area contributed by atoms with Crippen molar-refractivity contribution in [1.82, 2.24) is 14.9 Å². The van der Waals surface area contributed by atoms with Crippen molar-refractivity contribution in [3.8, 4) is 17.4 Å². The second kappa shape index (κ2) is 8.20. The first-order chi connectivity index (χ1) is 14.0. The standard InChI is InChI=1S/C21H27N3O4S/c1-27-15-10-12-8-9-22-18(14(12)11-16(15)28-2)17-19(25)23-21(29)24(20(17)26)13-6-4-3-5-7-13/h10-11,13,18,22,26H,3-9H2,1-2H3,(H,23,25,29)/t18-/m1/s1.